The van der Waals surface area contributed by atoms with E-state index in [1.54, 1.807) is 0 Å². The highest BCUT2D eigenvalue weighted by Gasteiger charge is 2.22. The molecule has 0 unspecified atom stereocenters. The quantitative estimate of drug-likeness (QED) is 0.823. The monoisotopic (exact) mass is 354 g/mol. The van der Waals surface area contributed by atoms with E-state index in [1.165, 1.54) is 24.3 Å². The smallest absolute Gasteiger partial charge is 0.240 e. The van der Waals surface area contributed by atoms with Crippen molar-refractivity contribution in [2.45, 2.75) is 28.7 Å². The molecule has 1 aliphatic heterocycles. The molecule has 2 rings (SSSR count). The van der Waals surface area contributed by atoms with Gasteiger partial charge in [0, 0.05) is 18.8 Å². The lowest BCUT2D eigenvalue weighted by molar-refractivity contribution is 0.428. The second-order valence-corrected chi connectivity index (χ2v) is 8.64. The topological polar surface area (TPSA) is 92.3 Å². The van der Waals surface area contributed by atoms with Gasteiger partial charge in [-0.1, -0.05) is 0 Å². The van der Waals surface area contributed by atoms with Crippen LogP contribution in [0.25, 0.3) is 0 Å². The van der Waals surface area contributed by atoms with Gasteiger partial charge in [0.15, 0.2) is 9.84 Å². The van der Waals surface area contributed by atoms with E-state index >= 15 is 0 Å². The van der Waals surface area contributed by atoms with Crippen molar-refractivity contribution in [2.75, 3.05) is 19.3 Å². The van der Waals surface area contributed by atoms with Gasteiger partial charge in [-0.15, -0.1) is 12.4 Å². The van der Waals surface area contributed by atoms with Crippen LogP contribution in [-0.4, -0.2) is 42.2 Å². The van der Waals surface area contributed by atoms with Gasteiger partial charge in [0.05, 0.1) is 9.79 Å². The maximum absolute atomic E-state index is 12.2. The Labute approximate surface area is 131 Å². The Morgan fingerprint density at radius 2 is 1.67 bits per heavy atom. The van der Waals surface area contributed by atoms with Crippen molar-refractivity contribution in [1.82, 2.24) is 10.0 Å². The molecule has 21 heavy (non-hydrogen) atoms. The van der Waals surface area contributed by atoms with Crippen molar-refractivity contribution in [1.29, 1.82) is 0 Å². The van der Waals surface area contributed by atoms with Crippen molar-refractivity contribution in [3.63, 3.8) is 0 Å². The van der Waals surface area contributed by atoms with Crippen molar-refractivity contribution in [3.05, 3.63) is 24.3 Å². The summed E-state index contributed by atoms with van der Waals surface area (Å²) >= 11 is 0. The lowest BCUT2D eigenvalue weighted by Gasteiger charge is -2.23. The number of hydrogen-bond acceptors (Lipinski definition) is 5. The Morgan fingerprint density at radius 3 is 2.14 bits per heavy atom. The Kier molecular flexibility index (Phi) is 6.18. The average molecular weight is 355 g/mol. The predicted octanol–water partition coefficient (Wildman–Crippen LogP) is 0.542. The average Bonchev–Trinajstić information content (AvgIpc) is 2.38. The Hall–Kier alpha value is -0.670. The summed E-state index contributed by atoms with van der Waals surface area (Å²) in [6.45, 7) is 1.52. The first kappa shape index (κ1) is 18.4. The molecule has 1 saturated heterocycles. The molecule has 1 aromatic carbocycles. The maximum Gasteiger partial charge on any atom is 0.240 e. The van der Waals surface area contributed by atoms with Crippen LogP contribution in [-0.2, 0) is 19.9 Å². The molecular formula is C12H19ClN2O4S2. The number of piperidine rings is 1. The Bertz CT molecular complexity index is 666. The fourth-order valence-corrected chi connectivity index (χ4v) is 4.01. The van der Waals surface area contributed by atoms with Gasteiger partial charge < -0.3 is 5.32 Å². The van der Waals surface area contributed by atoms with Crippen LogP contribution in [0, 0.1) is 0 Å². The minimum atomic E-state index is -3.61. The molecule has 0 aromatic heterocycles. The molecule has 0 amide bonds. The zero-order valence-corrected chi connectivity index (χ0v) is 14.0. The Morgan fingerprint density at radius 1 is 1.10 bits per heavy atom. The predicted molar refractivity (Wildman–Crippen MR) is 83.0 cm³/mol. The van der Waals surface area contributed by atoms with Crippen LogP contribution in [0.5, 0.6) is 0 Å². The first-order valence-corrected chi connectivity index (χ1v) is 9.70. The molecule has 1 fully saturated rings. The molecule has 2 N–H and O–H groups in total. The molecule has 0 saturated carbocycles. The SMILES string of the molecule is CS(=O)(=O)c1ccc(S(=O)(=O)N[C@H]2CCCNC2)cc1.Cl. The van der Waals surface area contributed by atoms with E-state index in [0.29, 0.717) is 6.54 Å². The second-order valence-electron chi connectivity index (χ2n) is 4.91. The van der Waals surface area contributed by atoms with Crippen LogP contribution in [0.4, 0.5) is 0 Å². The van der Waals surface area contributed by atoms with Crippen LogP contribution in [0.3, 0.4) is 0 Å². The number of sulfone groups is 1. The third-order valence-corrected chi connectivity index (χ3v) is 5.85. The molecule has 0 radical (unpaired) electrons. The van der Waals surface area contributed by atoms with Gasteiger partial charge in [-0.25, -0.2) is 21.6 Å². The minimum absolute atomic E-state index is 0. The summed E-state index contributed by atoms with van der Waals surface area (Å²) in [4.78, 5) is 0.186. The maximum atomic E-state index is 12.2. The van der Waals surface area contributed by atoms with Gasteiger partial charge in [0.25, 0.3) is 0 Å². The van der Waals surface area contributed by atoms with Gasteiger partial charge in [-0.05, 0) is 43.7 Å². The highest BCUT2D eigenvalue weighted by molar-refractivity contribution is 7.90. The lowest BCUT2D eigenvalue weighted by atomic mass is 10.1. The molecule has 120 valence electrons. The normalized spacial score (nSPS) is 19.8. The molecule has 1 atom stereocenters. The molecule has 1 aliphatic rings. The van der Waals surface area contributed by atoms with E-state index in [2.05, 4.69) is 10.0 Å². The largest absolute Gasteiger partial charge is 0.315 e. The molecule has 1 aromatic rings. The highest BCUT2D eigenvalue weighted by atomic mass is 35.5. The summed E-state index contributed by atoms with van der Waals surface area (Å²) in [5, 5.41) is 3.13. The van der Waals surface area contributed by atoms with Crippen LogP contribution in [0.2, 0.25) is 0 Å². The van der Waals surface area contributed by atoms with Gasteiger partial charge >= 0.3 is 0 Å². The molecule has 1 heterocycles. The van der Waals surface area contributed by atoms with Crippen molar-refractivity contribution < 1.29 is 16.8 Å². The number of hydrogen-bond donors (Lipinski definition) is 2. The number of benzene rings is 1. The summed E-state index contributed by atoms with van der Waals surface area (Å²) in [6.07, 6.45) is 2.82. The number of sulfonamides is 1. The van der Waals surface area contributed by atoms with Crippen molar-refractivity contribution >= 4 is 32.3 Å². The number of halogens is 1. The molecular weight excluding hydrogens is 336 g/mol. The zero-order chi connectivity index (χ0) is 14.8. The van der Waals surface area contributed by atoms with E-state index in [1.807, 2.05) is 0 Å². The number of nitrogens with one attached hydrogen (secondary N) is 2. The standard InChI is InChI=1S/C12H18N2O4S2.ClH/c1-19(15,16)11-4-6-12(7-5-11)20(17,18)14-10-3-2-8-13-9-10;/h4-7,10,13-14H,2-3,8-9H2,1H3;1H/t10-;/m0./s1. The van der Waals surface area contributed by atoms with E-state index in [-0.39, 0.29) is 28.2 Å². The van der Waals surface area contributed by atoms with Gasteiger partial charge in [-0.3, -0.25) is 0 Å². The van der Waals surface area contributed by atoms with Crippen LogP contribution < -0.4 is 10.0 Å². The lowest BCUT2D eigenvalue weighted by Crippen LogP contribution is -2.45. The summed E-state index contributed by atoms with van der Waals surface area (Å²) in [7, 11) is -6.92. The summed E-state index contributed by atoms with van der Waals surface area (Å²) < 4.78 is 49.7. The first-order chi connectivity index (χ1) is 9.29. The van der Waals surface area contributed by atoms with Crippen LogP contribution in [0.15, 0.2) is 34.1 Å². The van der Waals surface area contributed by atoms with Crippen LogP contribution >= 0.6 is 12.4 Å². The first-order valence-electron chi connectivity index (χ1n) is 6.32. The molecule has 0 bridgehead atoms. The van der Waals surface area contributed by atoms with Crippen molar-refractivity contribution in [2.24, 2.45) is 0 Å². The van der Waals surface area contributed by atoms with Gasteiger partial charge in [0.2, 0.25) is 10.0 Å². The third-order valence-electron chi connectivity index (χ3n) is 3.18. The summed E-state index contributed by atoms with van der Waals surface area (Å²) in [6, 6.07) is 5.12. The van der Waals surface area contributed by atoms with E-state index in [9.17, 15) is 16.8 Å². The Balaban J connectivity index is 0.00000220. The van der Waals surface area contributed by atoms with Gasteiger partial charge in [-0.2, -0.15) is 0 Å². The van der Waals surface area contributed by atoms with Crippen molar-refractivity contribution in [3.8, 4) is 0 Å². The third kappa shape index (κ3) is 4.93. The highest BCUT2D eigenvalue weighted by Crippen LogP contribution is 2.15. The zero-order valence-electron chi connectivity index (χ0n) is 11.6. The summed E-state index contributed by atoms with van der Waals surface area (Å²) in [5.41, 5.74) is 0. The van der Waals surface area contributed by atoms with E-state index in [0.717, 1.165) is 25.6 Å². The van der Waals surface area contributed by atoms with Crippen LogP contribution in [0.1, 0.15) is 12.8 Å². The van der Waals surface area contributed by atoms with E-state index < -0.39 is 19.9 Å². The fourth-order valence-electron chi connectivity index (χ4n) is 2.11. The second kappa shape index (κ2) is 7.06. The molecule has 9 heteroatoms. The molecule has 0 aliphatic carbocycles. The molecule has 0 spiro atoms. The van der Waals surface area contributed by atoms with Gasteiger partial charge in [0.1, 0.15) is 0 Å². The minimum Gasteiger partial charge on any atom is -0.315 e. The number of rotatable bonds is 4. The summed E-state index contributed by atoms with van der Waals surface area (Å²) in [5.74, 6) is 0. The molecule has 6 nitrogen and oxygen atoms in total. The van der Waals surface area contributed by atoms with E-state index in [4.69, 9.17) is 0 Å². The fraction of sp³-hybridized carbons (Fsp3) is 0.500.